The minimum Gasteiger partial charge on any atom is -0.503 e. The van der Waals surface area contributed by atoms with Gasteiger partial charge in [0.1, 0.15) is 5.69 Å². The van der Waals surface area contributed by atoms with Gasteiger partial charge in [0.05, 0.1) is 23.2 Å². The molecule has 1 aliphatic heterocycles. The van der Waals surface area contributed by atoms with Gasteiger partial charge < -0.3 is 20.3 Å². The summed E-state index contributed by atoms with van der Waals surface area (Å²) in [5.74, 6) is -1.70. The van der Waals surface area contributed by atoms with Crippen molar-refractivity contribution in [3.8, 4) is 0 Å². The summed E-state index contributed by atoms with van der Waals surface area (Å²) in [5, 5.41) is 31.7. The Morgan fingerprint density at radius 1 is 1.10 bits per heavy atom. The Bertz CT molecular complexity index is 1200. The van der Waals surface area contributed by atoms with Gasteiger partial charge in [0.15, 0.2) is 11.5 Å². The number of aromatic amines is 1. The Hall–Kier alpha value is -3.01. The van der Waals surface area contributed by atoms with Crippen LogP contribution in [0.4, 0.5) is 0 Å². The van der Waals surface area contributed by atoms with Crippen LogP contribution in [-0.2, 0) is 10.5 Å². The van der Waals surface area contributed by atoms with Crippen molar-refractivity contribution in [3.63, 3.8) is 0 Å². The van der Waals surface area contributed by atoms with E-state index in [-0.39, 0.29) is 23.4 Å². The number of benzene rings is 2. The second kappa shape index (κ2) is 7.11. The minimum absolute atomic E-state index is 0.232. The van der Waals surface area contributed by atoms with Crippen molar-refractivity contribution in [3.05, 3.63) is 80.4 Å². The predicted molar refractivity (Wildman–Crippen MR) is 109 cm³/mol. The monoisotopic (exact) mass is 457 g/mol. The van der Waals surface area contributed by atoms with Crippen LogP contribution in [0.5, 0.6) is 0 Å². The van der Waals surface area contributed by atoms with Gasteiger partial charge in [-0.05, 0) is 24.3 Å². The lowest BCUT2D eigenvalue weighted by atomic mass is 9.92. The number of fused-ring (bicyclic) bond motifs is 1. The molecule has 1 amide bonds. The van der Waals surface area contributed by atoms with Crippen molar-refractivity contribution in [2.45, 2.75) is 5.72 Å². The summed E-state index contributed by atoms with van der Waals surface area (Å²) in [6.45, 7) is -0.711. The molecule has 4 N–H and O–H groups in total. The van der Waals surface area contributed by atoms with E-state index in [9.17, 15) is 24.9 Å². The predicted octanol–water partition coefficient (Wildman–Crippen LogP) is 1.63. The number of rotatable bonds is 4. The normalized spacial score (nSPS) is 19.4. The number of amides is 1. The maximum atomic E-state index is 12.7. The first-order chi connectivity index (χ1) is 13.9. The van der Waals surface area contributed by atoms with Crippen molar-refractivity contribution < 1.29 is 20.1 Å². The molecule has 4 rings (SSSR count). The Morgan fingerprint density at radius 2 is 1.79 bits per heavy atom. The highest BCUT2D eigenvalue weighted by Crippen LogP contribution is 2.45. The zero-order chi connectivity index (χ0) is 20.8. The van der Waals surface area contributed by atoms with E-state index in [1.807, 2.05) is 0 Å². The molecule has 1 unspecified atom stereocenters. The number of nitrogens with zero attached hydrogens (tertiary/aromatic N) is 2. The van der Waals surface area contributed by atoms with Crippen molar-refractivity contribution in [2.75, 3.05) is 13.2 Å². The lowest BCUT2D eigenvalue weighted by molar-refractivity contribution is -0.145. The Morgan fingerprint density at radius 3 is 2.48 bits per heavy atom. The molecule has 0 fully saturated rings. The highest BCUT2D eigenvalue weighted by molar-refractivity contribution is 9.10. The highest BCUT2D eigenvalue weighted by Gasteiger charge is 2.54. The van der Waals surface area contributed by atoms with Gasteiger partial charge in [-0.15, -0.1) is 0 Å². The maximum Gasteiger partial charge on any atom is 0.292 e. The number of aromatic nitrogens is 2. The topological polar surface area (TPSA) is 127 Å². The number of carbonyl (C=O) groups excluding carboxylic acids is 1. The summed E-state index contributed by atoms with van der Waals surface area (Å²) in [6, 6.07) is 13.2. The van der Waals surface area contributed by atoms with Crippen LogP contribution in [0.2, 0.25) is 0 Å². The van der Waals surface area contributed by atoms with Crippen LogP contribution < -0.4 is 5.56 Å². The van der Waals surface area contributed by atoms with Crippen molar-refractivity contribution in [1.29, 1.82) is 0 Å². The fraction of sp³-hybridized carbons (Fsp3) is 0.150. The summed E-state index contributed by atoms with van der Waals surface area (Å²) in [7, 11) is 0. The summed E-state index contributed by atoms with van der Waals surface area (Å²) in [5.41, 5.74) is -2.33. The van der Waals surface area contributed by atoms with Gasteiger partial charge >= 0.3 is 0 Å². The molecule has 2 aromatic carbocycles. The molecule has 9 heteroatoms. The molecule has 1 aliphatic rings. The molecule has 8 nitrogen and oxygen atoms in total. The average molecular weight is 458 g/mol. The van der Waals surface area contributed by atoms with Crippen LogP contribution in [0.25, 0.3) is 16.6 Å². The second-order valence-corrected chi connectivity index (χ2v) is 7.43. The summed E-state index contributed by atoms with van der Waals surface area (Å²) in [6.07, 6.45) is 0. The van der Waals surface area contributed by atoms with E-state index < -0.39 is 29.6 Å². The van der Waals surface area contributed by atoms with Crippen LogP contribution in [0, 0.1) is 0 Å². The van der Waals surface area contributed by atoms with E-state index in [2.05, 4.69) is 25.9 Å². The largest absolute Gasteiger partial charge is 0.503 e. The smallest absolute Gasteiger partial charge is 0.292 e. The Kier molecular flexibility index (Phi) is 4.73. The number of H-pyrrole nitrogens is 1. The molecule has 0 radical (unpaired) electrons. The standard InChI is InChI=1S/C20H16BrN3O5/c21-12-7-5-11(6-8-12)20(29)15(17(26)19(28)24(20)9-10-25)16-18(27)23-14-4-2-1-3-13(14)22-16/h1-8,25-26,29H,9-10H2,(H,23,27). The van der Waals surface area contributed by atoms with Crippen molar-refractivity contribution >= 4 is 38.4 Å². The third kappa shape index (κ3) is 2.94. The van der Waals surface area contributed by atoms with Crippen LogP contribution >= 0.6 is 15.9 Å². The van der Waals surface area contributed by atoms with E-state index in [1.165, 1.54) is 0 Å². The zero-order valence-corrected chi connectivity index (χ0v) is 16.5. The summed E-state index contributed by atoms with van der Waals surface area (Å²) >= 11 is 3.31. The first-order valence-corrected chi connectivity index (χ1v) is 9.51. The van der Waals surface area contributed by atoms with Gasteiger partial charge in [0.2, 0.25) is 0 Å². The molecule has 0 aliphatic carbocycles. The number of carbonyl (C=O) groups is 1. The molecule has 0 saturated heterocycles. The van der Waals surface area contributed by atoms with Crippen molar-refractivity contribution in [1.82, 2.24) is 14.9 Å². The SMILES string of the molecule is O=C1C(O)=C(c2nc3ccccc3[nH]c2=O)C(O)(c2ccc(Br)cc2)N1CCO. The lowest BCUT2D eigenvalue weighted by Crippen LogP contribution is -2.47. The number of hydrogen-bond acceptors (Lipinski definition) is 6. The van der Waals surface area contributed by atoms with Crippen LogP contribution in [0.15, 0.2) is 63.6 Å². The quantitative estimate of drug-likeness (QED) is 0.471. The minimum atomic E-state index is -2.19. The fourth-order valence-corrected chi connectivity index (χ4v) is 3.77. The zero-order valence-electron chi connectivity index (χ0n) is 15.0. The number of nitrogens with one attached hydrogen (secondary N) is 1. The van der Waals surface area contributed by atoms with Gasteiger partial charge in [-0.1, -0.05) is 40.2 Å². The first kappa shape index (κ1) is 19.3. The van der Waals surface area contributed by atoms with E-state index >= 15 is 0 Å². The lowest BCUT2D eigenvalue weighted by Gasteiger charge is -2.35. The second-order valence-electron chi connectivity index (χ2n) is 6.51. The molecule has 148 valence electrons. The Labute approximate surface area is 172 Å². The molecule has 0 saturated carbocycles. The summed E-state index contributed by atoms with van der Waals surface area (Å²) < 4.78 is 0.735. The molecule has 0 spiro atoms. The molecule has 3 aromatic rings. The fourth-order valence-electron chi connectivity index (χ4n) is 3.50. The molecule has 1 aromatic heterocycles. The van der Waals surface area contributed by atoms with Gasteiger partial charge in [-0.25, -0.2) is 4.98 Å². The van der Waals surface area contributed by atoms with Gasteiger partial charge in [0, 0.05) is 16.6 Å². The number of aliphatic hydroxyl groups excluding tert-OH is 2. The number of hydrogen-bond donors (Lipinski definition) is 4. The Balaban J connectivity index is 2.01. The highest BCUT2D eigenvalue weighted by atomic mass is 79.9. The molecular formula is C20H16BrN3O5. The first-order valence-electron chi connectivity index (χ1n) is 8.72. The average Bonchev–Trinajstić information content (AvgIpc) is 2.90. The van der Waals surface area contributed by atoms with Crippen LogP contribution in [0.3, 0.4) is 0 Å². The molecule has 2 heterocycles. The molecule has 1 atom stereocenters. The molecule has 29 heavy (non-hydrogen) atoms. The third-order valence-electron chi connectivity index (χ3n) is 4.83. The molecular weight excluding hydrogens is 442 g/mol. The summed E-state index contributed by atoms with van der Waals surface area (Å²) in [4.78, 5) is 33.3. The number of halogens is 1. The van der Waals surface area contributed by atoms with Crippen molar-refractivity contribution in [2.24, 2.45) is 0 Å². The third-order valence-corrected chi connectivity index (χ3v) is 5.36. The van der Waals surface area contributed by atoms with Gasteiger partial charge in [-0.3, -0.25) is 14.5 Å². The van der Waals surface area contributed by atoms with E-state index in [1.54, 1.807) is 48.5 Å². The number of para-hydroxylation sites is 2. The van der Waals surface area contributed by atoms with E-state index in [0.29, 0.717) is 11.0 Å². The van der Waals surface area contributed by atoms with E-state index in [0.717, 1.165) is 9.37 Å². The maximum absolute atomic E-state index is 12.7. The van der Waals surface area contributed by atoms with Crippen LogP contribution in [-0.4, -0.2) is 49.2 Å². The van der Waals surface area contributed by atoms with Gasteiger partial charge in [0.25, 0.3) is 11.5 Å². The van der Waals surface area contributed by atoms with Crippen LogP contribution in [0.1, 0.15) is 11.3 Å². The number of aliphatic hydroxyl groups is 3. The van der Waals surface area contributed by atoms with E-state index in [4.69, 9.17) is 0 Å². The number of β-amino-alcohol motifs (C(OH)–C–C–N with tert-alkyl or cyclic N) is 1. The molecule has 0 bridgehead atoms. The van der Waals surface area contributed by atoms with Gasteiger partial charge in [-0.2, -0.15) is 0 Å².